The van der Waals surface area contributed by atoms with E-state index >= 15 is 0 Å². The van der Waals surface area contributed by atoms with Gasteiger partial charge in [0.2, 0.25) is 0 Å². The maximum atomic E-state index is 5.75. The number of nitrogens with one attached hydrogen (secondary N) is 1. The van der Waals surface area contributed by atoms with E-state index < -0.39 is 0 Å². The summed E-state index contributed by atoms with van der Waals surface area (Å²) in [6.45, 7) is 2.67. The minimum Gasteiger partial charge on any atom is -0.399 e. The van der Waals surface area contributed by atoms with E-state index in [1.54, 1.807) is 0 Å². The molecule has 1 aliphatic rings. The summed E-state index contributed by atoms with van der Waals surface area (Å²) in [5, 5.41) is 4.44. The zero-order valence-corrected chi connectivity index (χ0v) is 10.2. The molecule has 2 aromatic rings. The van der Waals surface area contributed by atoms with Crippen LogP contribution < -0.4 is 11.1 Å². The van der Waals surface area contributed by atoms with Crippen molar-refractivity contribution >= 4 is 22.4 Å². The third-order valence-corrected chi connectivity index (χ3v) is 3.31. The number of ether oxygens (including phenoxy) is 1. The molecule has 0 aliphatic carbocycles. The van der Waals surface area contributed by atoms with Crippen LogP contribution in [-0.4, -0.2) is 24.7 Å². The molecule has 2 heterocycles. The first-order chi connectivity index (χ1) is 8.81. The number of nitrogens with two attached hydrogens (primary N) is 1. The van der Waals surface area contributed by atoms with Crippen molar-refractivity contribution in [3.05, 3.63) is 30.3 Å². The highest BCUT2D eigenvalue weighted by atomic mass is 16.5. The largest absolute Gasteiger partial charge is 0.399 e. The molecule has 0 radical (unpaired) electrons. The Bertz CT molecular complexity index is 550. The summed E-state index contributed by atoms with van der Waals surface area (Å²) in [6, 6.07) is 9.82. The highest BCUT2D eigenvalue weighted by Gasteiger charge is 2.15. The second kappa shape index (κ2) is 4.82. The van der Waals surface area contributed by atoms with Crippen molar-refractivity contribution in [1.29, 1.82) is 0 Å². The highest BCUT2D eigenvalue weighted by Crippen LogP contribution is 2.19. The highest BCUT2D eigenvalue weighted by molar-refractivity contribution is 5.83. The molecule has 0 amide bonds. The number of hydrogen-bond donors (Lipinski definition) is 2. The Kier molecular flexibility index (Phi) is 3.02. The predicted molar refractivity (Wildman–Crippen MR) is 73.6 cm³/mol. The standard InChI is InChI=1S/C14H17N3O/c15-12-2-3-13-11(7-12)1-4-14(17-13)16-8-10-5-6-18-9-10/h1-4,7,10H,5-6,8-9,15H2,(H,16,17). The van der Waals surface area contributed by atoms with Crippen molar-refractivity contribution in [3.8, 4) is 0 Å². The van der Waals surface area contributed by atoms with Crippen molar-refractivity contribution < 1.29 is 4.74 Å². The van der Waals surface area contributed by atoms with Gasteiger partial charge in [-0.2, -0.15) is 0 Å². The van der Waals surface area contributed by atoms with Gasteiger partial charge in [-0.25, -0.2) is 4.98 Å². The SMILES string of the molecule is Nc1ccc2nc(NCC3CCOC3)ccc2c1. The van der Waals surface area contributed by atoms with Crippen LogP contribution in [0.1, 0.15) is 6.42 Å². The van der Waals surface area contributed by atoms with Crippen LogP contribution in [-0.2, 0) is 4.74 Å². The van der Waals surface area contributed by atoms with Crippen LogP contribution >= 0.6 is 0 Å². The fraction of sp³-hybridized carbons (Fsp3) is 0.357. The van der Waals surface area contributed by atoms with Gasteiger partial charge in [-0.1, -0.05) is 0 Å². The second-order valence-corrected chi connectivity index (χ2v) is 4.76. The number of benzene rings is 1. The number of aromatic nitrogens is 1. The molecular formula is C14H17N3O. The van der Waals surface area contributed by atoms with Gasteiger partial charge in [-0.3, -0.25) is 0 Å². The molecule has 0 bridgehead atoms. The van der Waals surface area contributed by atoms with E-state index in [9.17, 15) is 0 Å². The lowest BCUT2D eigenvalue weighted by Gasteiger charge is -2.10. The Labute approximate surface area is 106 Å². The Morgan fingerprint density at radius 1 is 1.33 bits per heavy atom. The summed E-state index contributed by atoms with van der Waals surface area (Å²) in [5.41, 5.74) is 7.49. The Morgan fingerprint density at radius 3 is 3.11 bits per heavy atom. The van der Waals surface area contributed by atoms with Crippen molar-refractivity contribution in [2.75, 3.05) is 30.8 Å². The van der Waals surface area contributed by atoms with E-state index in [0.29, 0.717) is 5.92 Å². The van der Waals surface area contributed by atoms with Gasteiger partial charge in [0.25, 0.3) is 0 Å². The van der Waals surface area contributed by atoms with Gasteiger partial charge in [-0.05, 0) is 36.8 Å². The van der Waals surface area contributed by atoms with Crippen LogP contribution in [0.4, 0.5) is 11.5 Å². The molecule has 4 heteroatoms. The van der Waals surface area contributed by atoms with E-state index in [0.717, 1.165) is 48.6 Å². The Balaban J connectivity index is 1.74. The fourth-order valence-corrected chi connectivity index (χ4v) is 2.24. The number of pyridine rings is 1. The van der Waals surface area contributed by atoms with Gasteiger partial charge >= 0.3 is 0 Å². The van der Waals surface area contributed by atoms with Crippen molar-refractivity contribution in [2.45, 2.75) is 6.42 Å². The number of hydrogen-bond acceptors (Lipinski definition) is 4. The summed E-state index contributed by atoms with van der Waals surface area (Å²) in [6.07, 6.45) is 1.14. The molecule has 1 atom stereocenters. The van der Waals surface area contributed by atoms with Crippen LogP contribution in [0.5, 0.6) is 0 Å². The first-order valence-corrected chi connectivity index (χ1v) is 6.29. The van der Waals surface area contributed by atoms with Crippen molar-refractivity contribution in [1.82, 2.24) is 4.98 Å². The fourth-order valence-electron chi connectivity index (χ4n) is 2.24. The molecule has 1 aliphatic heterocycles. The first kappa shape index (κ1) is 11.3. The molecule has 3 rings (SSSR count). The smallest absolute Gasteiger partial charge is 0.126 e. The molecule has 18 heavy (non-hydrogen) atoms. The quantitative estimate of drug-likeness (QED) is 0.812. The van der Waals surface area contributed by atoms with Crippen molar-refractivity contribution in [2.24, 2.45) is 5.92 Å². The maximum absolute atomic E-state index is 5.75. The average Bonchev–Trinajstić information content (AvgIpc) is 2.89. The van der Waals surface area contributed by atoms with E-state index in [1.165, 1.54) is 0 Å². The maximum Gasteiger partial charge on any atom is 0.126 e. The monoisotopic (exact) mass is 243 g/mol. The Morgan fingerprint density at radius 2 is 2.28 bits per heavy atom. The second-order valence-electron chi connectivity index (χ2n) is 4.76. The van der Waals surface area contributed by atoms with Crippen LogP contribution in [0.2, 0.25) is 0 Å². The minimum atomic E-state index is 0.605. The van der Waals surface area contributed by atoms with E-state index in [4.69, 9.17) is 10.5 Å². The van der Waals surface area contributed by atoms with Crippen LogP contribution in [0, 0.1) is 5.92 Å². The zero-order valence-electron chi connectivity index (χ0n) is 10.2. The van der Waals surface area contributed by atoms with Gasteiger partial charge in [-0.15, -0.1) is 0 Å². The minimum absolute atomic E-state index is 0.605. The average molecular weight is 243 g/mol. The lowest BCUT2D eigenvalue weighted by Crippen LogP contribution is -2.14. The predicted octanol–water partition coefficient (Wildman–Crippen LogP) is 2.27. The molecule has 0 saturated carbocycles. The lowest BCUT2D eigenvalue weighted by atomic mass is 10.1. The molecule has 3 N–H and O–H groups in total. The van der Waals surface area contributed by atoms with E-state index in [1.807, 2.05) is 30.3 Å². The Hall–Kier alpha value is -1.81. The summed E-state index contributed by atoms with van der Waals surface area (Å²) < 4.78 is 5.35. The van der Waals surface area contributed by atoms with Gasteiger partial charge in [0, 0.05) is 30.1 Å². The molecule has 94 valence electrons. The number of nitrogens with zero attached hydrogens (tertiary/aromatic N) is 1. The topological polar surface area (TPSA) is 60.2 Å². The lowest BCUT2D eigenvalue weighted by molar-refractivity contribution is 0.187. The number of fused-ring (bicyclic) bond motifs is 1. The van der Waals surface area contributed by atoms with Gasteiger partial charge in [0.15, 0.2) is 0 Å². The number of rotatable bonds is 3. The van der Waals surface area contributed by atoms with Crippen LogP contribution in [0.25, 0.3) is 10.9 Å². The molecule has 1 aromatic heterocycles. The summed E-state index contributed by atoms with van der Waals surface area (Å²) in [5.74, 6) is 1.52. The summed E-state index contributed by atoms with van der Waals surface area (Å²) >= 11 is 0. The molecule has 1 saturated heterocycles. The van der Waals surface area contributed by atoms with E-state index in [2.05, 4.69) is 10.3 Å². The summed E-state index contributed by atoms with van der Waals surface area (Å²) in [7, 11) is 0. The van der Waals surface area contributed by atoms with Crippen LogP contribution in [0.3, 0.4) is 0 Å². The summed E-state index contributed by atoms with van der Waals surface area (Å²) in [4.78, 5) is 4.57. The number of anilines is 2. The molecule has 1 fully saturated rings. The normalized spacial score (nSPS) is 19.2. The third kappa shape index (κ3) is 2.38. The van der Waals surface area contributed by atoms with Crippen molar-refractivity contribution in [3.63, 3.8) is 0 Å². The van der Waals surface area contributed by atoms with Gasteiger partial charge < -0.3 is 15.8 Å². The van der Waals surface area contributed by atoms with Gasteiger partial charge in [0.05, 0.1) is 12.1 Å². The number of nitrogen functional groups attached to an aromatic ring is 1. The first-order valence-electron chi connectivity index (χ1n) is 6.29. The third-order valence-electron chi connectivity index (χ3n) is 3.31. The molecular weight excluding hydrogens is 226 g/mol. The molecule has 0 spiro atoms. The molecule has 4 nitrogen and oxygen atoms in total. The van der Waals surface area contributed by atoms with Gasteiger partial charge in [0.1, 0.15) is 5.82 Å². The van der Waals surface area contributed by atoms with Crippen LogP contribution in [0.15, 0.2) is 30.3 Å². The zero-order chi connectivity index (χ0) is 12.4. The molecule has 1 aromatic carbocycles. The van der Waals surface area contributed by atoms with E-state index in [-0.39, 0.29) is 0 Å². The molecule has 1 unspecified atom stereocenters.